The van der Waals surface area contributed by atoms with Crippen LogP contribution in [-0.2, 0) is 4.79 Å². The Hall–Kier alpha value is -3.28. The minimum atomic E-state index is -0.284. The van der Waals surface area contributed by atoms with Crippen molar-refractivity contribution in [3.05, 3.63) is 53.3 Å². The Morgan fingerprint density at radius 3 is 2.54 bits per heavy atom. The second-order valence-corrected chi connectivity index (χ2v) is 6.93. The number of nitrogens with one attached hydrogen (secondary N) is 1. The number of aryl methyl sites for hydroxylation is 1. The van der Waals surface area contributed by atoms with Gasteiger partial charge >= 0.3 is 0 Å². The smallest absolute Gasteiger partial charge is 0.232 e. The highest BCUT2D eigenvalue weighted by molar-refractivity contribution is 6.12. The van der Waals surface area contributed by atoms with Crippen molar-refractivity contribution in [1.82, 2.24) is 0 Å². The number of amides is 1. The number of methoxy groups -OCH3 is 2. The van der Waals surface area contributed by atoms with Crippen molar-refractivity contribution in [3.63, 3.8) is 0 Å². The van der Waals surface area contributed by atoms with Crippen LogP contribution in [-0.4, -0.2) is 25.9 Å². The summed E-state index contributed by atoms with van der Waals surface area (Å²) < 4.78 is 16.4. The number of fused-ring (bicyclic) bond motifs is 1. The van der Waals surface area contributed by atoms with Crippen LogP contribution in [0, 0.1) is 12.8 Å². The maximum Gasteiger partial charge on any atom is 0.232 e. The summed E-state index contributed by atoms with van der Waals surface area (Å²) in [6.07, 6.45) is 1.89. The van der Waals surface area contributed by atoms with Gasteiger partial charge in [0, 0.05) is 22.6 Å². The van der Waals surface area contributed by atoms with E-state index < -0.39 is 0 Å². The van der Waals surface area contributed by atoms with Gasteiger partial charge in [-0.2, -0.15) is 0 Å². The third-order valence-corrected chi connectivity index (χ3v) is 5.01. The van der Waals surface area contributed by atoms with E-state index in [2.05, 4.69) is 5.32 Å². The van der Waals surface area contributed by atoms with E-state index in [0.717, 1.165) is 18.2 Å². The van der Waals surface area contributed by atoms with Crippen molar-refractivity contribution in [2.75, 3.05) is 19.5 Å². The van der Waals surface area contributed by atoms with E-state index in [9.17, 15) is 9.59 Å². The molecule has 1 aromatic heterocycles. The lowest BCUT2D eigenvalue weighted by molar-refractivity contribution is -0.117. The Morgan fingerprint density at radius 1 is 1.07 bits per heavy atom. The van der Waals surface area contributed by atoms with Gasteiger partial charge in [0.2, 0.25) is 11.7 Å². The quantitative estimate of drug-likeness (QED) is 0.645. The van der Waals surface area contributed by atoms with Crippen LogP contribution in [0.4, 0.5) is 5.69 Å². The maximum atomic E-state index is 13.1. The van der Waals surface area contributed by atoms with E-state index in [-0.39, 0.29) is 23.4 Å². The average Bonchev–Trinajstić information content (AvgIpc) is 3.52. The van der Waals surface area contributed by atoms with Crippen LogP contribution in [0.5, 0.6) is 11.5 Å². The lowest BCUT2D eigenvalue weighted by Crippen LogP contribution is -2.12. The van der Waals surface area contributed by atoms with Crippen molar-refractivity contribution < 1.29 is 23.5 Å². The minimum Gasteiger partial charge on any atom is -0.497 e. The molecule has 6 heteroatoms. The Morgan fingerprint density at radius 2 is 1.86 bits per heavy atom. The fourth-order valence-corrected chi connectivity index (χ4v) is 3.22. The SMILES string of the molecule is COc1ccc(OC)c(C(=O)c2oc3ccc(NC(=O)C4CC4)cc3c2C)c1. The molecule has 0 atom stereocenters. The van der Waals surface area contributed by atoms with Crippen molar-refractivity contribution >= 4 is 28.3 Å². The maximum absolute atomic E-state index is 13.1. The summed E-state index contributed by atoms with van der Waals surface area (Å²) in [5.41, 5.74) is 2.37. The van der Waals surface area contributed by atoms with Gasteiger partial charge in [0.15, 0.2) is 5.76 Å². The molecule has 6 nitrogen and oxygen atoms in total. The van der Waals surface area contributed by atoms with Crippen LogP contribution in [0.2, 0.25) is 0 Å². The summed E-state index contributed by atoms with van der Waals surface area (Å²) in [7, 11) is 3.05. The molecule has 0 radical (unpaired) electrons. The zero-order valence-corrected chi connectivity index (χ0v) is 16.0. The molecule has 0 spiro atoms. The van der Waals surface area contributed by atoms with Crippen molar-refractivity contribution in [2.24, 2.45) is 5.92 Å². The second kappa shape index (κ2) is 7.03. The van der Waals surface area contributed by atoms with E-state index >= 15 is 0 Å². The summed E-state index contributed by atoms with van der Waals surface area (Å²) in [5, 5.41) is 3.72. The van der Waals surface area contributed by atoms with Gasteiger partial charge in [-0.25, -0.2) is 0 Å². The molecule has 1 fully saturated rings. The van der Waals surface area contributed by atoms with Gasteiger partial charge in [-0.15, -0.1) is 0 Å². The molecule has 4 rings (SSSR count). The van der Waals surface area contributed by atoms with Crippen LogP contribution < -0.4 is 14.8 Å². The molecule has 28 heavy (non-hydrogen) atoms. The first-order chi connectivity index (χ1) is 13.5. The summed E-state index contributed by atoms with van der Waals surface area (Å²) in [6.45, 7) is 1.83. The first kappa shape index (κ1) is 18.1. The van der Waals surface area contributed by atoms with Gasteiger partial charge in [0.05, 0.1) is 19.8 Å². The minimum absolute atomic E-state index is 0.0397. The molecular weight excluding hydrogens is 358 g/mol. The molecule has 1 aliphatic carbocycles. The molecule has 144 valence electrons. The zero-order valence-electron chi connectivity index (χ0n) is 16.0. The number of carbonyl (C=O) groups is 2. The number of carbonyl (C=O) groups excluding carboxylic acids is 2. The Labute approximate surface area is 162 Å². The lowest BCUT2D eigenvalue weighted by Gasteiger charge is -2.08. The van der Waals surface area contributed by atoms with E-state index in [1.807, 2.05) is 13.0 Å². The fraction of sp³-hybridized carbons (Fsp3) is 0.273. The lowest BCUT2D eigenvalue weighted by atomic mass is 10.0. The Kier molecular flexibility index (Phi) is 4.55. The van der Waals surface area contributed by atoms with E-state index in [1.54, 1.807) is 37.4 Å². The van der Waals surface area contributed by atoms with E-state index in [4.69, 9.17) is 13.9 Å². The number of hydrogen-bond acceptors (Lipinski definition) is 5. The largest absolute Gasteiger partial charge is 0.497 e. The van der Waals surface area contributed by atoms with E-state index in [1.165, 1.54) is 7.11 Å². The summed E-state index contributed by atoms with van der Waals surface area (Å²) in [4.78, 5) is 25.2. The van der Waals surface area contributed by atoms with Gasteiger partial charge in [0.25, 0.3) is 0 Å². The summed E-state index contributed by atoms with van der Waals surface area (Å²) in [5.74, 6) is 1.13. The average molecular weight is 379 g/mol. The monoisotopic (exact) mass is 379 g/mol. The zero-order chi connectivity index (χ0) is 19.8. The number of hydrogen-bond donors (Lipinski definition) is 1. The predicted molar refractivity (Wildman–Crippen MR) is 105 cm³/mol. The first-order valence-corrected chi connectivity index (χ1v) is 9.12. The molecule has 3 aromatic rings. The van der Waals surface area contributed by atoms with Gasteiger partial charge in [0.1, 0.15) is 17.1 Å². The third kappa shape index (κ3) is 3.22. The van der Waals surface area contributed by atoms with Crippen LogP contribution in [0.3, 0.4) is 0 Å². The van der Waals surface area contributed by atoms with Crippen molar-refractivity contribution in [3.8, 4) is 11.5 Å². The highest BCUT2D eigenvalue weighted by Crippen LogP contribution is 2.34. The van der Waals surface area contributed by atoms with Gasteiger partial charge in [-0.3, -0.25) is 9.59 Å². The second-order valence-electron chi connectivity index (χ2n) is 6.93. The topological polar surface area (TPSA) is 77.8 Å². The van der Waals surface area contributed by atoms with Crippen LogP contribution in [0.1, 0.15) is 34.5 Å². The molecule has 0 unspecified atom stereocenters. The molecule has 1 heterocycles. The molecule has 2 aromatic carbocycles. The number of benzene rings is 2. The number of furan rings is 1. The molecule has 0 bridgehead atoms. The Balaban J connectivity index is 1.71. The highest BCUT2D eigenvalue weighted by Gasteiger charge is 2.30. The number of rotatable bonds is 6. The predicted octanol–water partition coefficient (Wildman–Crippen LogP) is 4.34. The molecule has 0 saturated heterocycles. The fourth-order valence-electron chi connectivity index (χ4n) is 3.22. The van der Waals surface area contributed by atoms with E-state index in [0.29, 0.717) is 33.9 Å². The van der Waals surface area contributed by atoms with Crippen LogP contribution in [0.15, 0.2) is 40.8 Å². The molecule has 0 aliphatic heterocycles. The molecule has 1 aliphatic rings. The van der Waals surface area contributed by atoms with Gasteiger partial charge < -0.3 is 19.2 Å². The summed E-state index contributed by atoms with van der Waals surface area (Å²) >= 11 is 0. The molecule has 1 N–H and O–H groups in total. The Bertz CT molecular complexity index is 1080. The molecule has 1 saturated carbocycles. The molecular formula is C22H21NO5. The summed E-state index contributed by atoms with van der Waals surface area (Å²) in [6, 6.07) is 10.4. The van der Waals surface area contributed by atoms with Crippen LogP contribution >= 0.6 is 0 Å². The third-order valence-electron chi connectivity index (χ3n) is 5.01. The first-order valence-electron chi connectivity index (χ1n) is 9.12. The molecule has 1 amide bonds. The van der Waals surface area contributed by atoms with Gasteiger partial charge in [-0.1, -0.05) is 0 Å². The number of ketones is 1. The van der Waals surface area contributed by atoms with Crippen molar-refractivity contribution in [1.29, 1.82) is 0 Å². The van der Waals surface area contributed by atoms with Crippen LogP contribution in [0.25, 0.3) is 11.0 Å². The number of anilines is 1. The standard InChI is InChI=1S/C22H21NO5/c1-12-16-10-14(23-22(25)13-4-5-13)6-8-19(16)28-21(12)20(24)17-11-15(26-2)7-9-18(17)27-3/h6-11,13H,4-5H2,1-3H3,(H,23,25). The normalized spacial score (nSPS) is 13.4. The van der Waals surface area contributed by atoms with Crippen molar-refractivity contribution in [2.45, 2.75) is 19.8 Å². The highest BCUT2D eigenvalue weighted by atomic mass is 16.5. The van der Waals surface area contributed by atoms with Gasteiger partial charge in [-0.05, 0) is 56.2 Å². The number of ether oxygens (including phenoxy) is 2.